The number of benzene rings is 2. The highest BCUT2D eigenvalue weighted by Gasteiger charge is 2.30. The van der Waals surface area contributed by atoms with Crippen LogP contribution >= 0.6 is 0 Å². The summed E-state index contributed by atoms with van der Waals surface area (Å²) in [6, 6.07) is 18.2. The van der Waals surface area contributed by atoms with Crippen LogP contribution in [0.4, 0.5) is 0 Å². The molecule has 0 aliphatic heterocycles. The van der Waals surface area contributed by atoms with Crippen molar-refractivity contribution in [1.82, 2.24) is 9.97 Å². The van der Waals surface area contributed by atoms with Gasteiger partial charge in [0, 0.05) is 29.9 Å². The van der Waals surface area contributed by atoms with E-state index in [1.54, 1.807) is 0 Å². The lowest BCUT2D eigenvalue weighted by molar-refractivity contribution is -0.624. The van der Waals surface area contributed by atoms with Crippen molar-refractivity contribution in [1.29, 1.82) is 0 Å². The first-order valence-electron chi connectivity index (χ1n) is 13.1. The SMILES string of the molecule is CC(C)Cc1c(OCc2ccccc2)nc(Cc2c[nH]c3ccccc23)c(OC2CCCCC2)[n+]1[O-]. The van der Waals surface area contributed by atoms with E-state index in [9.17, 15) is 5.21 Å². The Morgan fingerprint density at radius 3 is 2.56 bits per heavy atom. The predicted molar refractivity (Wildman–Crippen MR) is 141 cm³/mol. The zero-order chi connectivity index (χ0) is 24.9. The first-order chi connectivity index (χ1) is 17.6. The Kier molecular flexibility index (Phi) is 7.40. The number of aromatic amines is 1. The Labute approximate surface area is 212 Å². The van der Waals surface area contributed by atoms with Crippen LogP contribution in [0.2, 0.25) is 0 Å². The summed E-state index contributed by atoms with van der Waals surface area (Å²) in [6.45, 7) is 4.55. The van der Waals surface area contributed by atoms with Crippen molar-refractivity contribution in [3.05, 3.63) is 88.5 Å². The van der Waals surface area contributed by atoms with Gasteiger partial charge in [0.05, 0.1) is 0 Å². The van der Waals surface area contributed by atoms with E-state index in [-0.39, 0.29) is 12.0 Å². The van der Waals surface area contributed by atoms with Crippen LogP contribution in [0.1, 0.15) is 68.5 Å². The monoisotopic (exact) mass is 485 g/mol. The maximum absolute atomic E-state index is 13.9. The van der Waals surface area contributed by atoms with Gasteiger partial charge in [-0.1, -0.05) is 68.8 Å². The maximum Gasteiger partial charge on any atom is 0.402 e. The minimum Gasteiger partial charge on any atom is -0.616 e. The number of para-hydroxylation sites is 1. The molecule has 2 heterocycles. The summed E-state index contributed by atoms with van der Waals surface area (Å²) in [5.74, 6) is 0.997. The molecular weight excluding hydrogens is 450 g/mol. The summed E-state index contributed by atoms with van der Waals surface area (Å²) in [6.07, 6.45) is 8.52. The van der Waals surface area contributed by atoms with Crippen molar-refractivity contribution in [2.45, 2.75) is 71.5 Å². The van der Waals surface area contributed by atoms with Crippen LogP contribution in [-0.4, -0.2) is 16.1 Å². The summed E-state index contributed by atoms with van der Waals surface area (Å²) in [7, 11) is 0. The first-order valence-corrected chi connectivity index (χ1v) is 13.1. The van der Waals surface area contributed by atoms with Gasteiger partial charge in [0.15, 0.2) is 5.69 Å². The number of aromatic nitrogens is 3. The third kappa shape index (κ3) is 5.48. The van der Waals surface area contributed by atoms with Gasteiger partial charge in [-0.15, -0.1) is 4.73 Å². The molecule has 2 aromatic carbocycles. The van der Waals surface area contributed by atoms with Crippen molar-refractivity contribution in [2.24, 2.45) is 5.92 Å². The van der Waals surface area contributed by atoms with Crippen LogP contribution in [0.3, 0.4) is 0 Å². The molecule has 6 heteroatoms. The van der Waals surface area contributed by atoms with Gasteiger partial charge in [-0.3, -0.25) is 0 Å². The van der Waals surface area contributed by atoms with Gasteiger partial charge in [-0.2, -0.15) is 0 Å². The lowest BCUT2D eigenvalue weighted by Crippen LogP contribution is -2.39. The predicted octanol–water partition coefficient (Wildman–Crippen LogP) is 6.28. The van der Waals surface area contributed by atoms with Crippen molar-refractivity contribution in [3.63, 3.8) is 0 Å². The van der Waals surface area contributed by atoms with Gasteiger partial charge < -0.3 is 19.7 Å². The minimum atomic E-state index is 0.0467. The van der Waals surface area contributed by atoms with E-state index in [0.29, 0.717) is 42.6 Å². The van der Waals surface area contributed by atoms with E-state index in [1.165, 1.54) is 6.42 Å². The molecule has 1 fully saturated rings. The van der Waals surface area contributed by atoms with Crippen LogP contribution < -0.4 is 14.2 Å². The molecule has 188 valence electrons. The third-order valence-corrected chi connectivity index (χ3v) is 6.84. The Morgan fingerprint density at radius 1 is 1.03 bits per heavy atom. The van der Waals surface area contributed by atoms with Crippen molar-refractivity contribution in [3.8, 4) is 11.8 Å². The van der Waals surface area contributed by atoms with Gasteiger partial charge in [-0.25, -0.2) is 4.98 Å². The quantitative estimate of drug-likeness (QED) is 0.224. The fraction of sp³-hybridized carbons (Fsp3) is 0.400. The summed E-state index contributed by atoms with van der Waals surface area (Å²) in [5.41, 5.74) is 4.34. The summed E-state index contributed by atoms with van der Waals surface area (Å²) >= 11 is 0. The molecular formula is C30H35N3O3. The molecule has 0 unspecified atom stereocenters. The molecule has 6 nitrogen and oxygen atoms in total. The smallest absolute Gasteiger partial charge is 0.402 e. The van der Waals surface area contributed by atoms with Crippen molar-refractivity contribution < 1.29 is 14.2 Å². The number of fused-ring (bicyclic) bond motifs is 1. The number of hydrogen-bond donors (Lipinski definition) is 1. The molecule has 0 spiro atoms. The molecule has 0 amide bonds. The summed E-state index contributed by atoms with van der Waals surface area (Å²) < 4.78 is 13.6. The van der Waals surface area contributed by atoms with Gasteiger partial charge in [0.2, 0.25) is 0 Å². The fourth-order valence-corrected chi connectivity index (χ4v) is 4.99. The molecule has 1 N–H and O–H groups in total. The zero-order valence-electron chi connectivity index (χ0n) is 21.2. The molecule has 4 aromatic rings. The molecule has 36 heavy (non-hydrogen) atoms. The number of nitrogens with one attached hydrogen (secondary N) is 1. The Bertz CT molecular complexity index is 1290. The molecule has 0 radical (unpaired) electrons. The lowest BCUT2D eigenvalue weighted by Gasteiger charge is -2.24. The maximum atomic E-state index is 13.9. The largest absolute Gasteiger partial charge is 0.616 e. The number of hydrogen-bond acceptors (Lipinski definition) is 4. The zero-order valence-corrected chi connectivity index (χ0v) is 21.2. The van der Waals surface area contributed by atoms with Gasteiger partial charge in [-0.05, 0) is 48.8 Å². The number of H-pyrrole nitrogens is 1. The molecule has 0 atom stereocenters. The Balaban J connectivity index is 1.56. The van der Waals surface area contributed by atoms with Gasteiger partial charge in [0.25, 0.3) is 11.6 Å². The van der Waals surface area contributed by atoms with E-state index in [2.05, 4.69) is 31.0 Å². The van der Waals surface area contributed by atoms with E-state index < -0.39 is 0 Å². The molecule has 5 rings (SSSR count). The average molecular weight is 486 g/mol. The van der Waals surface area contributed by atoms with Crippen LogP contribution in [-0.2, 0) is 19.4 Å². The van der Waals surface area contributed by atoms with E-state index in [1.807, 2.05) is 48.7 Å². The van der Waals surface area contributed by atoms with Crippen LogP contribution in [0, 0.1) is 11.1 Å². The van der Waals surface area contributed by atoms with Gasteiger partial charge >= 0.3 is 5.88 Å². The highest BCUT2D eigenvalue weighted by Crippen LogP contribution is 2.30. The normalized spacial score (nSPS) is 14.4. The topological polar surface area (TPSA) is 74.1 Å². The second-order valence-corrected chi connectivity index (χ2v) is 10.2. The van der Waals surface area contributed by atoms with Crippen LogP contribution in [0.5, 0.6) is 11.8 Å². The second-order valence-electron chi connectivity index (χ2n) is 10.2. The van der Waals surface area contributed by atoms with E-state index in [0.717, 1.165) is 52.4 Å². The van der Waals surface area contributed by atoms with Crippen molar-refractivity contribution in [2.75, 3.05) is 0 Å². The summed E-state index contributed by atoms with van der Waals surface area (Å²) in [4.78, 5) is 8.30. The third-order valence-electron chi connectivity index (χ3n) is 6.84. The van der Waals surface area contributed by atoms with Crippen LogP contribution in [0.15, 0.2) is 60.8 Å². The highest BCUT2D eigenvalue weighted by atomic mass is 16.6. The number of ether oxygens (including phenoxy) is 2. The standard InChI is InChI=1S/C30H35N3O3/c1-21(2)17-28-29(35-20-22-11-5-3-6-12-22)32-27(18-23-19-31-26-16-10-9-15-25(23)26)30(33(28)34)36-24-13-7-4-8-14-24/h3,5-6,9-12,15-16,19,21,24,31H,4,7-8,13-14,17-18,20H2,1-2H3. The van der Waals surface area contributed by atoms with E-state index >= 15 is 0 Å². The molecule has 1 aliphatic carbocycles. The summed E-state index contributed by atoms with van der Waals surface area (Å²) in [5, 5.41) is 15.0. The Hall–Kier alpha value is -3.54. The number of rotatable bonds is 9. The molecule has 0 saturated heterocycles. The molecule has 1 saturated carbocycles. The lowest BCUT2D eigenvalue weighted by atomic mass is 9.98. The van der Waals surface area contributed by atoms with Gasteiger partial charge in [0.1, 0.15) is 12.7 Å². The second kappa shape index (κ2) is 11.0. The van der Waals surface area contributed by atoms with E-state index in [4.69, 9.17) is 14.5 Å². The molecule has 1 aliphatic rings. The minimum absolute atomic E-state index is 0.0467. The fourth-order valence-electron chi connectivity index (χ4n) is 4.99. The average Bonchev–Trinajstić information content (AvgIpc) is 3.30. The van der Waals surface area contributed by atoms with Crippen LogP contribution in [0.25, 0.3) is 10.9 Å². The highest BCUT2D eigenvalue weighted by molar-refractivity contribution is 5.83. The number of nitrogens with zero attached hydrogens (tertiary/aromatic N) is 2. The van der Waals surface area contributed by atoms with Crippen molar-refractivity contribution >= 4 is 10.9 Å². The molecule has 2 aromatic heterocycles. The first kappa shape index (κ1) is 24.2. The Morgan fingerprint density at radius 2 is 1.78 bits per heavy atom. The molecule has 0 bridgehead atoms.